The first-order valence-corrected chi connectivity index (χ1v) is 8.25. The SMILES string of the molecule is CC1(C)S[C@@H]2[C@H](NC(=O)Cc3ccccc3)C(=O)N2[C@H]1C(=O)O.[Na]. The molecule has 2 saturated heterocycles. The Balaban J connectivity index is 0.00000208. The number of carbonyl (C=O) groups is 3. The molecule has 8 heteroatoms. The first kappa shape index (κ1) is 19.3. The van der Waals surface area contributed by atoms with E-state index < -0.39 is 22.8 Å². The zero-order valence-corrected chi connectivity index (χ0v) is 16.7. The van der Waals surface area contributed by atoms with Gasteiger partial charge in [-0.3, -0.25) is 9.59 Å². The normalized spacial score (nSPS) is 26.8. The molecule has 3 rings (SSSR count). The fraction of sp³-hybridized carbons (Fsp3) is 0.438. The van der Waals surface area contributed by atoms with Crippen molar-refractivity contribution in [3.8, 4) is 0 Å². The van der Waals surface area contributed by atoms with Crippen LogP contribution in [0.25, 0.3) is 0 Å². The summed E-state index contributed by atoms with van der Waals surface area (Å²) < 4.78 is -0.578. The quantitative estimate of drug-likeness (QED) is 0.605. The fourth-order valence-electron chi connectivity index (χ4n) is 3.15. The van der Waals surface area contributed by atoms with Gasteiger partial charge in [0.05, 0.1) is 6.42 Å². The average Bonchev–Trinajstić information content (AvgIpc) is 2.74. The molecule has 2 heterocycles. The van der Waals surface area contributed by atoms with Gasteiger partial charge in [-0.1, -0.05) is 30.3 Å². The number of rotatable bonds is 4. The Kier molecular flexibility index (Phi) is 5.69. The third kappa shape index (κ3) is 3.35. The number of thioether (sulfide) groups is 1. The van der Waals surface area contributed by atoms with E-state index in [2.05, 4.69) is 5.32 Å². The van der Waals surface area contributed by atoms with Crippen LogP contribution in [0.1, 0.15) is 19.4 Å². The number of benzene rings is 1. The molecular formula is C16H18N2NaO4S. The largest absolute Gasteiger partial charge is 0.480 e. The summed E-state index contributed by atoms with van der Waals surface area (Å²) in [5.41, 5.74) is 0.872. The van der Waals surface area contributed by atoms with Crippen molar-refractivity contribution in [1.29, 1.82) is 0 Å². The van der Waals surface area contributed by atoms with Crippen LogP contribution in [0.5, 0.6) is 0 Å². The maximum absolute atomic E-state index is 12.3. The summed E-state index contributed by atoms with van der Waals surface area (Å²) in [5, 5.41) is 11.8. The molecule has 0 aliphatic carbocycles. The van der Waals surface area contributed by atoms with Crippen molar-refractivity contribution in [3.63, 3.8) is 0 Å². The molecule has 0 bridgehead atoms. The van der Waals surface area contributed by atoms with Gasteiger partial charge in [-0.15, -0.1) is 11.8 Å². The van der Waals surface area contributed by atoms with Crippen LogP contribution >= 0.6 is 11.8 Å². The van der Waals surface area contributed by atoms with E-state index in [1.807, 2.05) is 44.2 Å². The molecule has 0 spiro atoms. The van der Waals surface area contributed by atoms with Crippen molar-refractivity contribution in [2.24, 2.45) is 0 Å². The minimum atomic E-state index is -1.01. The number of carbonyl (C=O) groups excluding carboxylic acids is 2. The molecule has 2 fully saturated rings. The Morgan fingerprint density at radius 3 is 2.50 bits per heavy atom. The molecule has 2 N–H and O–H groups in total. The monoisotopic (exact) mass is 357 g/mol. The van der Waals surface area contributed by atoms with E-state index in [1.165, 1.54) is 16.7 Å². The van der Waals surface area contributed by atoms with Gasteiger partial charge in [0, 0.05) is 34.3 Å². The molecule has 6 nitrogen and oxygen atoms in total. The maximum Gasteiger partial charge on any atom is 0.327 e. The summed E-state index contributed by atoms with van der Waals surface area (Å²) in [4.78, 5) is 37.2. The number of carboxylic acids is 1. The number of carboxylic acid groups (broad SMARTS) is 1. The molecule has 24 heavy (non-hydrogen) atoms. The standard InChI is InChI=1S/C16H18N2O4S.Na/c1-16(2)12(15(21)22)18-13(20)11(14(18)23-16)17-10(19)8-9-6-4-3-5-7-9;/h3-7,11-12,14H,8H2,1-2H3,(H,17,19)(H,21,22);/t11-,12+,14-;/m1./s1. The van der Waals surface area contributed by atoms with Gasteiger partial charge in [0.1, 0.15) is 17.5 Å². The molecular weight excluding hydrogens is 339 g/mol. The smallest absolute Gasteiger partial charge is 0.327 e. The summed E-state index contributed by atoms with van der Waals surface area (Å²) in [7, 11) is 0. The van der Waals surface area contributed by atoms with Crippen molar-refractivity contribution >= 4 is 59.1 Å². The molecule has 123 valence electrons. The third-order valence-corrected chi connectivity index (χ3v) is 5.77. The van der Waals surface area contributed by atoms with E-state index >= 15 is 0 Å². The van der Waals surface area contributed by atoms with E-state index in [0.29, 0.717) is 0 Å². The molecule has 0 aromatic heterocycles. The predicted molar refractivity (Wildman–Crippen MR) is 91.6 cm³/mol. The Hall–Kier alpha value is -1.02. The Morgan fingerprint density at radius 1 is 1.29 bits per heavy atom. The van der Waals surface area contributed by atoms with Crippen molar-refractivity contribution < 1.29 is 19.5 Å². The number of nitrogens with zero attached hydrogens (tertiary/aromatic N) is 1. The summed E-state index contributed by atoms with van der Waals surface area (Å²) >= 11 is 1.42. The van der Waals surface area contributed by atoms with Gasteiger partial charge in [-0.25, -0.2) is 4.79 Å². The van der Waals surface area contributed by atoms with Gasteiger partial charge in [0.25, 0.3) is 0 Å². The number of aliphatic carboxylic acids is 1. The molecule has 0 unspecified atom stereocenters. The zero-order chi connectivity index (χ0) is 16.8. The van der Waals surface area contributed by atoms with Gasteiger partial charge in [-0.2, -0.15) is 0 Å². The molecule has 1 radical (unpaired) electrons. The summed E-state index contributed by atoms with van der Waals surface area (Å²) in [5.74, 6) is -1.55. The summed E-state index contributed by atoms with van der Waals surface area (Å²) in [6.07, 6.45) is 0.202. The van der Waals surface area contributed by atoms with E-state index in [4.69, 9.17) is 0 Å². The molecule has 1 aromatic rings. The minimum Gasteiger partial charge on any atom is -0.480 e. The molecule has 1 aromatic carbocycles. The van der Waals surface area contributed by atoms with E-state index in [0.717, 1.165) is 5.56 Å². The third-order valence-electron chi connectivity index (χ3n) is 4.20. The number of β-lactam (4-membered cyclic amide) rings is 1. The molecule has 2 aliphatic rings. The Morgan fingerprint density at radius 2 is 1.92 bits per heavy atom. The Bertz CT molecular complexity index is 667. The zero-order valence-electron chi connectivity index (χ0n) is 13.9. The first-order chi connectivity index (χ1) is 10.8. The van der Waals surface area contributed by atoms with Crippen molar-refractivity contribution in [1.82, 2.24) is 10.2 Å². The van der Waals surface area contributed by atoms with Crippen LogP contribution in [-0.2, 0) is 20.8 Å². The van der Waals surface area contributed by atoms with Crippen LogP contribution in [0.4, 0.5) is 0 Å². The van der Waals surface area contributed by atoms with Crippen LogP contribution in [0.3, 0.4) is 0 Å². The number of amides is 2. The molecule has 2 aliphatic heterocycles. The van der Waals surface area contributed by atoms with E-state index in [-0.39, 0.29) is 53.2 Å². The van der Waals surface area contributed by atoms with E-state index in [1.54, 1.807) is 0 Å². The van der Waals surface area contributed by atoms with E-state index in [9.17, 15) is 19.5 Å². The van der Waals surface area contributed by atoms with Crippen molar-refractivity contribution in [3.05, 3.63) is 35.9 Å². The number of fused-ring (bicyclic) bond motifs is 1. The number of nitrogens with one attached hydrogen (secondary N) is 1. The van der Waals surface area contributed by atoms with Crippen LogP contribution < -0.4 is 5.32 Å². The fourth-order valence-corrected chi connectivity index (χ4v) is 4.78. The molecule has 0 saturated carbocycles. The number of hydrogen-bond acceptors (Lipinski definition) is 4. The number of hydrogen-bond donors (Lipinski definition) is 2. The minimum absolute atomic E-state index is 0. The van der Waals surface area contributed by atoms with Gasteiger partial charge in [-0.05, 0) is 19.4 Å². The first-order valence-electron chi connectivity index (χ1n) is 7.37. The van der Waals surface area contributed by atoms with Gasteiger partial charge in [0.2, 0.25) is 11.8 Å². The van der Waals surface area contributed by atoms with Crippen LogP contribution in [0.15, 0.2) is 30.3 Å². The van der Waals surface area contributed by atoms with Crippen molar-refractivity contribution in [2.75, 3.05) is 0 Å². The van der Waals surface area contributed by atoms with Crippen LogP contribution in [-0.4, -0.2) is 79.6 Å². The predicted octanol–water partition coefficient (Wildman–Crippen LogP) is 0.480. The summed E-state index contributed by atoms with van der Waals surface area (Å²) in [6.45, 7) is 3.62. The molecule has 2 amide bonds. The van der Waals surface area contributed by atoms with Gasteiger partial charge >= 0.3 is 5.97 Å². The van der Waals surface area contributed by atoms with Gasteiger partial charge < -0.3 is 15.3 Å². The molecule has 3 atom stereocenters. The topological polar surface area (TPSA) is 86.7 Å². The van der Waals surface area contributed by atoms with Crippen LogP contribution in [0, 0.1) is 0 Å². The second-order valence-electron chi connectivity index (χ2n) is 6.31. The van der Waals surface area contributed by atoms with Crippen LogP contribution in [0.2, 0.25) is 0 Å². The second kappa shape index (κ2) is 7.07. The second-order valence-corrected chi connectivity index (χ2v) is 8.08. The summed E-state index contributed by atoms with van der Waals surface area (Å²) in [6, 6.07) is 7.78. The van der Waals surface area contributed by atoms with Crippen molar-refractivity contribution in [2.45, 2.75) is 42.5 Å². The van der Waals surface area contributed by atoms with Gasteiger partial charge in [0.15, 0.2) is 0 Å². The average molecular weight is 357 g/mol. The maximum atomic E-state index is 12.3. The Labute approximate surface area is 166 Å².